The molecule has 0 saturated carbocycles. The summed E-state index contributed by atoms with van der Waals surface area (Å²) in [6.45, 7) is 0. The molecule has 0 spiro atoms. The highest BCUT2D eigenvalue weighted by Gasteiger charge is 2.10. The van der Waals surface area contributed by atoms with Gasteiger partial charge >= 0.3 is 0 Å². The van der Waals surface area contributed by atoms with Crippen molar-refractivity contribution in [2.24, 2.45) is 5.10 Å². The number of nitrogens with one attached hydrogen (secondary N) is 1. The molecule has 24 heavy (non-hydrogen) atoms. The molecular formula is C19H14BrN3O. The number of amides is 1. The smallest absolute Gasteiger partial charge is 0.267 e. The predicted molar refractivity (Wildman–Crippen MR) is 97.9 cm³/mol. The van der Waals surface area contributed by atoms with Crippen molar-refractivity contribution in [3.63, 3.8) is 0 Å². The first kappa shape index (κ1) is 16.1. The fourth-order valence-corrected chi connectivity index (χ4v) is 2.41. The van der Waals surface area contributed by atoms with Gasteiger partial charge in [-0.1, -0.05) is 52.3 Å². The average Bonchev–Trinajstić information content (AvgIpc) is 2.64. The molecule has 3 rings (SSSR count). The Hall–Kier alpha value is -2.79. The highest BCUT2D eigenvalue weighted by molar-refractivity contribution is 9.10. The van der Waals surface area contributed by atoms with Gasteiger partial charge in [0.25, 0.3) is 5.91 Å². The highest BCUT2D eigenvalue weighted by Crippen LogP contribution is 2.11. The summed E-state index contributed by atoms with van der Waals surface area (Å²) in [4.78, 5) is 16.6. The first-order valence-electron chi connectivity index (χ1n) is 7.34. The first-order chi connectivity index (χ1) is 11.7. The molecule has 0 bridgehead atoms. The van der Waals surface area contributed by atoms with Crippen molar-refractivity contribution in [2.75, 3.05) is 0 Å². The Morgan fingerprint density at radius 1 is 0.875 bits per heavy atom. The largest absolute Gasteiger partial charge is 0.271 e. The predicted octanol–water partition coefficient (Wildman–Crippen LogP) is 4.03. The van der Waals surface area contributed by atoms with E-state index >= 15 is 0 Å². The molecule has 0 saturated heterocycles. The van der Waals surface area contributed by atoms with Crippen LogP contribution in [0.4, 0.5) is 0 Å². The summed E-state index contributed by atoms with van der Waals surface area (Å²) in [5, 5.41) is 4.31. The SMILES string of the molecule is O=C(N/N=C(\c1ccccc1)c1ccccn1)c1ccc(Br)cc1. The minimum absolute atomic E-state index is 0.271. The van der Waals surface area contributed by atoms with E-state index in [1.165, 1.54) is 0 Å². The maximum atomic E-state index is 12.3. The number of carbonyl (C=O) groups excluding carboxylic acids is 1. The molecular weight excluding hydrogens is 366 g/mol. The van der Waals surface area contributed by atoms with Crippen LogP contribution in [0.15, 0.2) is 88.6 Å². The molecule has 1 heterocycles. The van der Waals surface area contributed by atoms with E-state index in [0.717, 1.165) is 10.0 Å². The Morgan fingerprint density at radius 3 is 2.25 bits per heavy atom. The minimum atomic E-state index is -0.271. The molecule has 0 radical (unpaired) electrons. The lowest BCUT2D eigenvalue weighted by molar-refractivity contribution is 0.0955. The maximum absolute atomic E-state index is 12.3. The van der Waals surface area contributed by atoms with Gasteiger partial charge in [0.1, 0.15) is 5.71 Å². The molecule has 0 atom stereocenters. The summed E-state index contributed by atoms with van der Waals surface area (Å²) in [5.74, 6) is -0.271. The maximum Gasteiger partial charge on any atom is 0.271 e. The van der Waals surface area contributed by atoms with Crippen molar-refractivity contribution in [1.29, 1.82) is 0 Å². The van der Waals surface area contributed by atoms with Crippen LogP contribution >= 0.6 is 15.9 Å². The molecule has 4 nitrogen and oxygen atoms in total. The molecule has 5 heteroatoms. The third kappa shape index (κ3) is 3.94. The fourth-order valence-electron chi connectivity index (χ4n) is 2.14. The third-order valence-corrected chi connectivity index (χ3v) is 3.86. The van der Waals surface area contributed by atoms with Crippen LogP contribution in [0, 0.1) is 0 Å². The molecule has 0 fully saturated rings. The number of carbonyl (C=O) groups is 1. The van der Waals surface area contributed by atoms with Gasteiger partial charge < -0.3 is 0 Å². The number of aromatic nitrogens is 1. The van der Waals surface area contributed by atoms with Gasteiger partial charge in [0.2, 0.25) is 0 Å². The lowest BCUT2D eigenvalue weighted by Crippen LogP contribution is -2.21. The van der Waals surface area contributed by atoms with Crippen molar-refractivity contribution >= 4 is 27.5 Å². The van der Waals surface area contributed by atoms with Crippen LogP contribution in [-0.2, 0) is 0 Å². The van der Waals surface area contributed by atoms with Crippen LogP contribution in [-0.4, -0.2) is 16.6 Å². The second-order valence-electron chi connectivity index (χ2n) is 4.99. The van der Waals surface area contributed by atoms with Gasteiger partial charge in [-0.2, -0.15) is 5.10 Å². The van der Waals surface area contributed by atoms with E-state index in [2.05, 4.69) is 31.4 Å². The third-order valence-electron chi connectivity index (χ3n) is 3.33. The van der Waals surface area contributed by atoms with Gasteiger partial charge in [0, 0.05) is 21.8 Å². The Labute approximate surface area is 148 Å². The Morgan fingerprint density at radius 2 is 1.58 bits per heavy atom. The zero-order valence-electron chi connectivity index (χ0n) is 12.7. The second-order valence-corrected chi connectivity index (χ2v) is 5.90. The standard InChI is InChI=1S/C19H14BrN3O/c20-16-11-9-15(10-12-16)19(24)23-22-18(14-6-2-1-3-7-14)17-8-4-5-13-21-17/h1-13H,(H,23,24)/b22-18+. The number of halogens is 1. The monoisotopic (exact) mass is 379 g/mol. The molecule has 118 valence electrons. The summed E-state index contributed by atoms with van der Waals surface area (Å²) < 4.78 is 0.918. The molecule has 0 aliphatic heterocycles. The van der Waals surface area contributed by atoms with Gasteiger partial charge in [-0.15, -0.1) is 0 Å². The average molecular weight is 380 g/mol. The molecule has 0 aliphatic carbocycles. The molecule has 1 aromatic heterocycles. The van der Waals surface area contributed by atoms with E-state index in [0.29, 0.717) is 17.0 Å². The number of hydrazone groups is 1. The Kier molecular flexibility index (Phi) is 5.13. The zero-order valence-corrected chi connectivity index (χ0v) is 14.3. The number of hydrogen-bond donors (Lipinski definition) is 1. The highest BCUT2D eigenvalue weighted by atomic mass is 79.9. The quantitative estimate of drug-likeness (QED) is 0.549. The zero-order chi connectivity index (χ0) is 16.8. The lowest BCUT2D eigenvalue weighted by Gasteiger charge is -2.07. The minimum Gasteiger partial charge on any atom is -0.267 e. The van der Waals surface area contributed by atoms with E-state index in [4.69, 9.17) is 0 Å². The number of benzene rings is 2. The normalized spacial score (nSPS) is 11.1. The summed E-state index contributed by atoms with van der Waals surface area (Å²) in [6.07, 6.45) is 1.70. The number of rotatable bonds is 4. The fraction of sp³-hybridized carbons (Fsp3) is 0. The van der Waals surface area contributed by atoms with E-state index < -0.39 is 0 Å². The number of pyridine rings is 1. The first-order valence-corrected chi connectivity index (χ1v) is 8.14. The molecule has 1 N–H and O–H groups in total. The number of nitrogens with zero attached hydrogens (tertiary/aromatic N) is 2. The van der Waals surface area contributed by atoms with E-state index in [1.54, 1.807) is 18.3 Å². The van der Waals surface area contributed by atoms with Crippen molar-refractivity contribution in [1.82, 2.24) is 10.4 Å². The van der Waals surface area contributed by atoms with E-state index in [1.807, 2.05) is 60.7 Å². The summed E-state index contributed by atoms with van der Waals surface area (Å²) in [6, 6.07) is 22.3. The number of hydrogen-bond acceptors (Lipinski definition) is 3. The molecule has 2 aromatic carbocycles. The summed E-state index contributed by atoms with van der Waals surface area (Å²) >= 11 is 3.35. The van der Waals surface area contributed by atoms with Crippen LogP contribution in [0.2, 0.25) is 0 Å². The van der Waals surface area contributed by atoms with Crippen LogP contribution in [0.1, 0.15) is 21.6 Å². The van der Waals surface area contributed by atoms with Crippen LogP contribution < -0.4 is 5.43 Å². The van der Waals surface area contributed by atoms with E-state index in [-0.39, 0.29) is 5.91 Å². The molecule has 0 aliphatic rings. The lowest BCUT2D eigenvalue weighted by atomic mass is 10.1. The van der Waals surface area contributed by atoms with Crippen molar-refractivity contribution in [3.05, 3.63) is 100 Å². The Balaban J connectivity index is 1.90. The van der Waals surface area contributed by atoms with E-state index in [9.17, 15) is 4.79 Å². The van der Waals surface area contributed by atoms with Gasteiger partial charge in [-0.25, -0.2) is 5.43 Å². The van der Waals surface area contributed by atoms with Crippen molar-refractivity contribution < 1.29 is 4.79 Å². The van der Waals surface area contributed by atoms with Crippen LogP contribution in [0.3, 0.4) is 0 Å². The topological polar surface area (TPSA) is 54.4 Å². The summed E-state index contributed by atoms with van der Waals surface area (Å²) in [5.41, 5.74) is 5.34. The van der Waals surface area contributed by atoms with Gasteiger partial charge in [0.05, 0.1) is 5.69 Å². The molecule has 1 amide bonds. The van der Waals surface area contributed by atoms with Gasteiger partial charge in [-0.05, 0) is 36.4 Å². The Bertz CT molecular complexity index is 805. The van der Waals surface area contributed by atoms with Crippen LogP contribution in [0.5, 0.6) is 0 Å². The molecule has 3 aromatic rings. The van der Waals surface area contributed by atoms with Gasteiger partial charge in [0.15, 0.2) is 0 Å². The van der Waals surface area contributed by atoms with Gasteiger partial charge in [-0.3, -0.25) is 9.78 Å². The second kappa shape index (κ2) is 7.66. The van der Waals surface area contributed by atoms with Crippen molar-refractivity contribution in [2.45, 2.75) is 0 Å². The van der Waals surface area contributed by atoms with Crippen LogP contribution in [0.25, 0.3) is 0 Å². The summed E-state index contributed by atoms with van der Waals surface area (Å²) in [7, 11) is 0. The van der Waals surface area contributed by atoms with Crippen molar-refractivity contribution in [3.8, 4) is 0 Å². The molecule has 0 unspecified atom stereocenters.